The predicted octanol–water partition coefficient (Wildman–Crippen LogP) is 19.2. The summed E-state index contributed by atoms with van der Waals surface area (Å²) in [5.41, 5.74) is 16.2. The first-order valence-electron chi connectivity index (χ1n) is 25.6. The second-order valence-electron chi connectivity index (χ2n) is 19.7. The lowest BCUT2D eigenvalue weighted by atomic mass is 9.67. The van der Waals surface area contributed by atoms with E-state index in [0.29, 0.717) is 17.5 Å². The second-order valence-corrected chi connectivity index (χ2v) is 21.9. The highest BCUT2D eigenvalue weighted by molar-refractivity contribution is 7.26. The van der Waals surface area contributed by atoms with E-state index in [0.717, 1.165) is 60.7 Å². The summed E-state index contributed by atoms with van der Waals surface area (Å²) < 4.78 is 11.5. The molecule has 11 aromatic carbocycles. The van der Waals surface area contributed by atoms with Crippen LogP contribution in [0.15, 0.2) is 253 Å². The normalized spacial score (nSPS) is 12.8. The molecule has 0 radical (unpaired) electrons. The van der Waals surface area contributed by atoms with Crippen molar-refractivity contribution in [3.8, 4) is 67.5 Å². The fourth-order valence-corrected chi connectivity index (χ4v) is 14.5. The van der Waals surface area contributed by atoms with Gasteiger partial charge >= 0.3 is 0 Å². The van der Waals surface area contributed by atoms with E-state index in [2.05, 4.69) is 237 Å². The van der Waals surface area contributed by atoms with Crippen molar-refractivity contribution in [2.45, 2.75) is 5.41 Å². The number of fused-ring (bicyclic) bond motifs is 12. The quantitative estimate of drug-likeness (QED) is 0.160. The average Bonchev–Trinajstić information content (AvgIpc) is 4.37. The molecule has 0 unspecified atom stereocenters. The van der Waals surface area contributed by atoms with Gasteiger partial charge in [-0.25, -0.2) is 15.0 Å². The minimum absolute atomic E-state index is 0.461. The first kappa shape index (κ1) is 43.1. The number of hydrogen-bond donors (Lipinski definition) is 0. The molecule has 1 aliphatic carbocycles. The predicted molar refractivity (Wildman–Crippen MR) is 317 cm³/mol. The third kappa shape index (κ3) is 6.51. The van der Waals surface area contributed by atoms with Crippen molar-refractivity contribution in [2.24, 2.45) is 0 Å². The van der Waals surface area contributed by atoms with Gasteiger partial charge in [0.05, 0.1) is 5.41 Å². The van der Waals surface area contributed by atoms with E-state index in [9.17, 15) is 0 Å². The number of aromatic nitrogens is 3. The van der Waals surface area contributed by atoms with Crippen molar-refractivity contribution in [1.82, 2.24) is 15.0 Å². The van der Waals surface area contributed by atoms with Gasteiger partial charge < -0.3 is 4.42 Å². The maximum Gasteiger partial charge on any atom is 0.164 e. The molecular weight excluding hydrogens is 963 g/mol. The number of rotatable bonds is 7. The Bertz CT molecular complexity index is 4780. The highest BCUT2D eigenvalue weighted by Crippen LogP contribution is 2.57. The van der Waals surface area contributed by atoms with Crippen LogP contribution in [0.25, 0.3) is 130 Å². The van der Waals surface area contributed by atoms with E-state index in [1.807, 2.05) is 12.1 Å². The van der Waals surface area contributed by atoms with Crippen LogP contribution in [0.3, 0.4) is 0 Å². The summed E-state index contributed by atoms with van der Waals surface area (Å²) >= 11 is 3.59. The summed E-state index contributed by atoms with van der Waals surface area (Å²) in [7, 11) is 0. The van der Waals surface area contributed by atoms with Gasteiger partial charge in [-0.15, -0.1) is 22.7 Å². The maximum atomic E-state index is 6.66. The Morgan fingerprint density at radius 2 is 0.816 bits per heavy atom. The molecule has 4 nitrogen and oxygen atoms in total. The number of hydrogen-bond acceptors (Lipinski definition) is 6. The van der Waals surface area contributed by atoms with Gasteiger partial charge in [0.2, 0.25) is 0 Å². The lowest BCUT2D eigenvalue weighted by Crippen LogP contribution is -2.28. The van der Waals surface area contributed by atoms with Crippen LogP contribution in [-0.2, 0) is 5.41 Å². The highest BCUT2D eigenvalue weighted by atomic mass is 32.1. The Hall–Kier alpha value is -9.33. The third-order valence-electron chi connectivity index (χ3n) is 15.7. The summed E-state index contributed by atoms with van der Waals surface area (Å²) in [6.45, 7) is 0. The zero-order chi connectivity index (χ0) is 49.9. The van der Waals surface area contributed by atoms with E-state index >= 15 is 0 Å². The summed E-state index contributed by atoms with van der Waals surface area (Å²) in [6, 6.07) is 90.0. The molecule has 16 rings (SSSR count). The first-order chi connectivity index (χ1) is 37.6. The Labute approximate surface area is 445 Å². The van der Waals surface area contributed by atoms with Gasteiger partial charge in [-0.1, -0.05) is 200 Å². The van der Waals surface area contributed by atoms with Crippen molar-refractivity contribution in [3.05, 3.63) is 271 Å². The molecule has 0 saturated heterocycles. The first-order valence-corrected chi connectivity index (χ1v) is 27.3. The van der Waals surface area contributed by atoms with Crippen molar-refractivity contribution >= 4 is 85.0 Å². The van der Waals surface area contributed by atoms with Gasteiger partial charge in [-0.3, -0.25) is 0 Å². The van der Waals surface area contributed by atoms with E-state index in [4.69, 9.17) is 19.4 Å². The molecule has 0 spiro atoms. The van der Waals surface area contributed by atoms with Crippen LogP contribution in [0.2, 0.25) is 0 Å². The fourth-order valence-electron chi connectivity index (χ4n) is 12.2. The fraction of sp³-hybridized carbons (Fsp3) is 0.0143. The van der Waals surface area contributed by atoms with Gasteiger partial charge in [0, 0.05) is 67.8 Å². The largest absolute Gasteiger partial charge is 0.456 e. The molecule has 4 heterocycles. The van der Waals surface area contributed by atoms with Gasteiger partial charge in [0.15, 0.2) is 17.5 Å². The van der Waals surface area contributed by atoms with Crippen molar-refractivity contribution in [2.75, 3.05) is 0 Å². The van der Waals surface area contributed by atoms with Crippen LogP contribution in [-0.4, -0.2) is 15.0 Å². The third-order valence-corrected chi connectivity index (χ3v) is 17.9. The van der Waals surface area contributed by atoms with Crippen LogP contribution in [0.4, 0.5) is 0 Å². The molecule has 4 aromatic heterocycles. The molecule has 15 aromatic rings. The summed E-state index contributed by atoms with van der Waals surface area (Å²) in [5, 5.41) is 6.82. The minimum Gasteiger partial charge on any atom is -0.456 e. The van der Waals surface area contributed by atoms with Crippen LogP contribution >= 0.6 is 22.7 Å². The minimum atomic E-state index is -0.461. The molecular formula is C70H41N3OS2. The lowest BCUT2D eigenvalue weighted by molar-refractivity contribution is 0.669. The molecule has 0 bridgehead atoms. The van der Waals surface area contributed by atoms with E-state index < -0.39 is 5.41 Å². The number of benzene rings is 11. The maximum absolute atomic E-state index is 6.66. The molecule has 354 valence electrons. The molecule has 0 atom stereocenters. The molecule has 6 heteroatoms. The summed E-state index contributed by atoms with van der Waals surface area (Å²) in [6.07, 6.45) is 0. The number of nitrogens with zero attached hydrogens (tertiary/aromatic N) is 3. The van der Waals surface area contributed by atoms with Crippen LogP contribution in [0.1, 0.15) is 22.3 Å². The monoisotopic (exact) mass is 1000 g/mol. The average molecular weight is 1000 g/mol. The molecule has 76 heavy (non-hydrogen) atoms. The highest BCUT2D eigenvalue weighted by Gasteiger charge is 2.46. The molecule has 0 aliphatic heterocycles. The zero-order valence-corrected chi connectivity index (χ0v) is 42.4. The smallest absolute Gasteiger partial charge is 0.164 e. The summed E-state index contributed by atoms with van der Waals surface area (Å²) in [5.74, 6) is 1.85. The van der Waals surface area contributed by atoms with Crippen LogP contribution < -0.4 is 0 Å². The lowest BCUT2D eigenvalue weighted by Gasteiger charge is -2.34. The second kappa shape index (κ2) is 16.8. The van der Waals surface area contributed by atoms with E-state index in [-0.39, 0.29) is 0 Å². The molecule has 0 saturated carbocycles. The Morgan fingerprint density at radius 3 is 1.58 bits per heavy atom. The molecule has 0 amide bonds. The molecule has 0 N–H and O–H groups in total. The van der Waals surface area contributed by atoms with Crippen molar-refractivity contribution in [1.29, 1.82) is 0 Å². The Balaban J connectivity index is 0.822. The van der Waals surface area contributed by atoms with Crippen LogP contribution in [0.5, 0.6) is 0 Å². The van der Waals surface area contributed by atoms with E-state index in [1.54, 1.807) is 22.7 Å². The standard InChI is InChI=1S/C70H41N3OS2/c1-3-15-47(16-4-1)70(48-17-5-2-6-18-48)57-24-10-7-19-49(57)50-36-33-45(40-58(50)70)43-31-29-42(30-32-43)44-35-38-59-56(39-44)65-54(22-13-25-60(65)74-59)68-71-67(46-34-37-52-51-20-8-11-26-61(51)76-64(52)41-46)72-69(73-68)55-23-14-28-63-66(55)53-21-9-12-27-62(53)75-63/h1-41H. The van der Waals surface area contributed by atoms with Crippen molar-refractivity contribution in [3.63, 3.8) is 0 Å². The zero-order valence-electron chi connectivity index (χ0n) is 40.7. The van der Waals surface area contributed by atoms with Gasteiger partial charge in [0.1, 0.15) is 11.2 Å². The number of thiophene rings is 2. The van der Waals surface area contributed by atoms with E-state index in [1.165, 1.54) is 73.9 Å². The van der Waals surface area contributed by atoms with Gasteiger partial charge in [0.25, 0.3) is 0 Å². The number of furan rings is 1. The van der Waals surface area contributed by atoms with Crippen molar-refractivity contribution < 1.29 is 4.42 Å². The van der Waals surface area contributed by atoms with Gasteiger partial charge in [-0.2, -0.15) is 0 Å². The Morgan fingerprint density at radius 1 is 0.289 bits per heavy atom. The Kier molecular flexibility index (Phi) is 9.56. The SMILES string of the molecule is c1ccc(C2(c3ccccc3)c3ccccc3-c3ccc(-c4ccc(-c5ccc6oc7cccc(-c8nc(-c9ccc%10c(c9)sc9ccccc9%10)nc(-c9cccc%10sc%11ccccc%11c9%10)n8)c7c6c5)cc4)cc32)cc1. The van der Waals surface area contributed by atoms with Gasteiger partial charge in [-0.05, 0) is 104 Å². The van der Waals surface area contributed by atoms with Crippen LogP contribution in [0, 0.1) is 0 Å². The molecule has 0 fully saturated rings. The topological polar surface area (TPSA) is 51.8 Å². The summed E-state index contributed by atoms with van der Waals surface area (Å²) in [4.78, 5) is 16.1. The molecule has 1 aliphatic rings.